The Bertz CT molecular complexity index is 587. The lowest BCUT2D eigenvalue weighted by molar-refractivity contribution is 0.0498. The lowest BCUT2D eigenvalue weighted by atomic mass is 10.2. The zero-order chi connectivity index (χ0) is 16.4. The van der Waals surface area contributed by atoms with Crippen molar-refractivity contribution in [3.63, 3.8) is 0 Å². The SMILES string of the molecule is CCCCCOC(=O)c1ccc(N/N=C(\C#N)C(=N)N)cc1. The number of unbranched alkanes of at least 4 members (excludes halogenated alkanes) is 2. The lowest BCUT2D eigenvalue weighted by Crippen LogP contribution is -2.21. The van der Waals surface area contributed by atoms with Gasteiger partial charge in [0.15, 0.2) is 5.84 Å². The third-order valence-electron chi connectivity index (χ3n) is 2.76. The lowest BCUT2D eigenvalue weighted by Gasteiger charge is -2.05. The van der Waals surface area contributed by atoms with Gasteiger partial charge in [0.05, 0.1) is 17.9 Å². The van der Waals surface area contributed by atoms with Gasteiger partial charge in [-0.3, -0.25) is 10.8 Å². The summed E-state index contributed by atoms with van der Waals surface area (Å²) in [5.74, 6) is -0.783. The molecule has 116 valence electrons. The summed E-state index contributed by atoms with van der Waals surface area (Å²) in [6.07, 6.45) is 2.97. The number of amidine groups is 1. The number of esters is 1. The molecule has 0 aliphatic rings. The highest BCUT2D eigenvalue weighted by Gasteiger charge is 2.06. The van der Waals surface area contributed by atoms with E-state index < -0.39 is 5.84 Å². The Hall–Kier alpha value is -2.88. The van der Waals surface area contributed by atoms with Gasteiger partial charge in [0.2, 0.25) is 5.71 Å². The predicted molar refractivity (Wildman–Crippen MR) is 84.8 cm³/mol. The molecule has 0 atom stereocenters. The normalized spacial score (nSPS) is 10.6. The molecule has 1 rings (SSSR count). The topological polar surface area (TPSA) is 124 Å². The summed E-state index contributed by atoms with van der Waals surface area (Å²) in [5.41, 5.74) is 8.57. The Morgan fingerprint density at radius 1 is 1.41 bits per heavy atom. The first-order chi connectivity index (χ1) is 10.6. The molecule has 0 saturated carbocycles. The zero-order valence-electron chi connectivity index (χ0n) is 12.4. The monoisotopic (exact) mass is 301 g/mol. The molecular formula is C15H19N5O2. The van der Waals surface area contributed by atoms with E-state index in [1.807, 2.05) is 0 Å². The van der Waals surface area contributed by atoms with Gasteiger partial charge in [-0.05, 0) is 30.7 Å². The number of carbonyl (C=O) groups excluding carboxylic acids is 1. The maximum atomic E-state index is 11.8. The van der Waals surface area contributed by atoms with E-state index in [4.69, 9.17) is 21.1 Å². The van der Waals surface area contributed by atoms with Crippen LogP contribution in [0.15, 0.2) is 29.4 Å². The standard InChI is InChI=1S/C15H19N5O2/c1-2-3-4-9-22-15(21)11-5-7-12(8-6-11)19-20-13(10-16)14(17)18/h5-8,19H,2-4,9H2,1H3,(H3,17,18)/b20-13+. The van der Waals surface area contributed by atoms with Gasteiger partial charge in [-0.1, -0.05) is 19.8 Å². The summed E-state index contributed by atoms with van der Waals surface area (Å²) in [6.45, 7) is 2.50. The highest BCUT2D eigenvalue weighted by atomic mass is 16.5. The Morgan fingerprint density at radius 3 is 2.64 bits per heavy atom. The van der Waals surface area contributed by atoms with Gasteiger partial charge >= 0.3 is 5.97 Å². The molecule has 0 radical (unpaired) electrons. The Labute approximate surface area is 129 Å². The van der Waals surface area contributed by atoms with Crippen LogP contribution < -0.4 is 11.2 Å². The van der Waals surface area contributed by atoms with Gasteiger partial charge in [-0.25, -0.2) is 4.79 Å². The molecule has 7 nitrogen and oxygen atoms in total. The van der Waals surface area contributed by atoms with Crippen LogP contribution in [0.2, 0.25) is 0 Å². The summed E-state index contributed by atoms with van der Waals surface area (Å²) < 4.78 is 5.14. The molecule has 22 heavy (non-hydrogen) atoms. The summed E-state index contributed by atoms with van der Waals surface area (Å²) in [7, 11) is 0. The zero-order valence-corrected chi connectivity index (χ0v) is 12.4. The Balaban J connectivity index is 2.58. The number of anilines is 1. The fourth-order valence-electron chi connectivity index (χ4n) is 1.55. The molecule has 4 N–H and O–H groups in total. The minimum absolute atomic E-state index is 0.209. The van der Waals surface area contributed by atoms with Crippen molar-refractivity contribution < 1.29 is 9.53 Å². The Kier molecular flexibility index (Phi) is 7.13. The van der Waals surface area contributed by atoms with Crippen molar-refractivity contribution in [3.8, 4) is 6.07 Å². The van der Waals surface area contributed by atoms with Crippen LogP contribution in [0.3, 0.4) is 0 Å². The molecule has 0 unspecified atom stereocenters. The number of nitrogens with one attached hydrogen (secondary N) is 2. The Morgan fingerprint density at radius 2 is 2.09 bits per heavy atom. The third-order valence-corrected chi connectivity index (χ3v) is 2.76. The number of nitriles is 1. The summed E-state index contributed by atoms with van der Waals surface area (Å²) in [6, 6.07) is 8.15. The maximum absolute atomic E-state index is 11.8. The van der Waals surface area contributed by atoms with Crippen molar-refractivity contribution in [1.82, 2.24) is 0 Å². The van der Waals surface area contributed by atoms with E-state index in [1.165, 1.54) is 0 Å². The molecule has 0 fully saturated rings. The maximum Gasteiger partial charge on any atom is 0.338 e. The molecular weight excluding hydrogens is 282 g/mol. The van der Waals surface area contributed by atoms with Crippen molar-refractivity contribution in [2.75, 3.05) is 12.0 Å². The molecule has 0 saturated heterocycles. The van der Waals surface area contributed by atoms with Crippen LogP contribution in [0, 0.1) is 16.7 Å². The van der Waals surface area contributed by atoms with Crippen LogP contribution >= 0.6 is 0 Å². The first-order valence-electron chi connectivity index (χ1n) is 6.93. The third kappa shape index (κ3) is 5.63. The minimum atomic E-state index is -0.415. The quantitative estimate of drug-likeness (QED) is 0.223. The minimum Gasteiger partial charge on any atom is -0.462 e. The number of hydrazone groups is 1. The summed E-state index contributed by atoms with van der Waals surface area (Å²) >= 11 is 0. The van der Waals surface area contributed by atoms with Crippen LogP contribution in [0.5, 0.6) is 0 Å². The molecule has 0 heterocycles. The van der Waals surface area contributed by atoms with E-state index in [9.17, 15) is 4.79 Å². The van der Waals surface area contributed by atoms with Crippen LogP contribution in [0.1, 0.15) is 36.5 Å². The van der Waals surface area contributed by atoms with Crippen LogP contribution in [0.25, 0.3) is 0 Å². The van der Waals surface area contributed by atoms with Crippen molar-refractivity contribution in [2.24, 2.45) is 10.8 Å². The molecule has 7 heteroatoms. The van der Waals surface area contributed by atoms with E-state index in [2.05, 4.69) is 17.5 Å². The second-order valence-electron chi connectivity index (χ2n) is 4.52. The molecule has 1 aromatic carbocycles. The summed E-state index contributed by atoms with van der Waals surface area (Å²) in [4.78, 5) is 11.8. The number of hydrogen-bond donors (Lipinski definition) is 3. The number of benzene rings is 1. The molecule has 0 spiro atoms. The van der Waals surface area contributed by atoms with Crippen LogP contribution in [-0.4, -0.2) is 24.1 Å². The molecule has 0 aliphatic heterocycles. The highest BCUT2D eigenvalue weighted by molar-refractivity contribution is 6.45. The molecule has 0 aromatic heterocycles. The fraction of sp³-hybridized carbons (Fsp3) is 0.333. The molecule has 1 aromatic rings. The average Bonchev–Trinajstić information content (AvgIpc) is 2.52. The van der Waals surface area contributed by atoms with Gasteiger partial charge in [-0.15, -0.1) is 0 Å². The van der Waals surface area contributed by atoms with Crippen molar-refractivity contribution in [2.45, 2.75) is 26.2 Å². The van der Waals surface area contributed by atoms with Gasteiger partial charge in [0, 0.05) is 0 Å². The predicted octanol–water partition coefficient (Wildman–Crippen LogP) is 2.26. The second kappa shape index (κ2) is 9.13. The van der Waals surface area contributed by atoms with Crippen molar-refractivity contribution in [1.29, 1.82) is 10.7 Å². The van der Waals surface area contributed by atoms with Crippen molar-refractivity contribution in [3.05, 3.63) is 29.8 Å². The van der Waals surface area contributed by atoms with Crippen LogP contribution in [0.4, 0.5) is 5.69 Å². The summed E-state index contributed by atoms with van der Waals surface area (Å²) in [5, 5.41) is 19.5. The van der Waals surface area contributed by atoms with E-state index in [0.29, 0.717) is 17.9 Å². The molecule has 0 amide bonds. The first-order valence-corrected chi connectivity index (χ1v) is 6.93. The van der Waals surface area contributed by atoms with E-state index in [0.717, 1.165) is 19.3 Å². The molecule has 0 aliphatic carbocycles. The van der Waals surface area contributed by atoms with Gasteiger partial charge in [0.1, 0.15) is 6.07 Å². The fourth-order valence-corrected chi connectivity index (χ4v) is 1.55. The van der Waals surface area contributed by atoms with E-state index in [1.54, 1.807) is 30.3 Å². The number of ether oxygens (including phenoxy) is 1. The molecule has 0 bridgehead atoms. The second-order valence-corrected chi connectivity index (χ2v) is 4.52. The number of rotatable bonds is 8. The average molecular weight is 301 g/mol. The van der Waals surface area contributed by atoms with Gasteiger partial charge in [0.25, 0.3) is 0 Å². The highest BCUT2D eigenvalue weighted by Crippen LogP contribution is 2.11. The van der Waals surface area contributed by atoms with Crippen molar-refractivity contribution >= 4 is 23.2 Å². The van der Waals surface area contributed by atoms with Crippen LogP contribution in [-0.2, 0) is 4.74 Å². The van der Waals surface area contributed by atoms with E-state index in [-0.39, 0.29) is 11.7 Å². The number of carbonyl (C=O) groups is 1. The van der Waals surface area contributed by atoms with Gasteiger partial charge in [-0.2, -0.15) is 10.4 Å². The number of nitrogens with two attached hydrogens (primary N) is 1. The largest absolute Gasteiger partial charge is 0.462 e. The van der Waals surface area contributed by atoms with E-state index >= 15 is 0 Å². The van der Waals surface area contributed by atoms with Gasteiger partial charge < -0.3 is 10.5 Å². The number of nitrogens with zero attached hydrogens (tertiary/aromatic N) is 2. The smallest absolute Gasteiger partial charge is 0.338 e. The number of hydrogen-bond acceptors (Lipinski definition) is 6. The first kappa shape index (κ1) is 17.2.